The fourth-order valence-corrected chi connectivity index (χ4v) is 2.30. The minimum absolute atomic E-state index is 0.272. The normalized spacial score (nSPS) is 11.3. The number of nitrogens with one attached hydrogen (secondary N) is 1. The minimum Gasteiger partial charge on any atom is -0.496 e. The summed E-state index contributed by atoms with van der Waals surface area (Å²) in [5, 5.41) is 7.11. The minimum atomic E-state index is -4.70. The first-order valence-corrected chi connectivity index (χ1v) is 7.01. The second kappa shape index (κ2) is 6.27. The summed E-state index contributed by atoms with van der Waals surface area (Å²) in [5.41, 5.74) is 2.87. The van der Waals surface area contributed by atoms with Gasteiger partial charge >= 0.3 is 6.36 Å². The molecule has 4 nitrogen and oxygen atoms in total. The van der Waals surface area contributed by atoms with Gasteiger partial charge in [0.2, 0.25) is 0 Å². The summed E-state index contributed by atoms with van der Waals surface area (Å²) in [7, 11) is 1.58. The molecular weight excluding hydrogens is 321 g/mol. The van der Waals surface area contributed by atoms with E-state index in [0.717, 1.165) is 11.3 Å². The predicted molar refractivity (Wildman–Crippen MR) is 82.7 cm³/mol. The highest BCUT2D eigenvalue weighted by Gasteiger charge is 2.31. The van der Waals surface area contributed by atoms with E-state index in [9.17, 15) is 13.2 Å². The molecule has 0 amide bonds. The van der Waals surface area contributed by atoms with Gasteiger partial charge in [-0.25, -0.2) is 0 Å². The summed E-state index contributed by atoms with van der Waals surface area (Å²) in [6.07, 6.45) is -4.70. The molecule has 0 fully saturated rings. The maximum Gasteiger partial charge on any atom is 0.573 e. The molecule has 0 aliphatic heterocycles. The second-order valence-electron chi connectivity index (χ2n) is 4.94. The third kappa shape index (κ3) is 3.51. The van der Waals surface area contributed by atoms with Crippen molar-refractivity contribution in [3.05, 3.63) is 54.6 Å². The van der Waals surface area contributed by atoms with E-state index in [4.69, 9.17) is 4.74 Å². The largest absolute Gasteiger partial charge is 0.573 e. The van der Waals surface area contributed by atoms with Gasteiger partial charge in [0, 0.05) is 11.1 Å². The van der Waals surface area contributed by atoms with Crippen molar-refractivity contribution in [2.75, 3.05) is 7.11 Å². The zero-order valence-corrected chi connectivity index (χ0v) is 12.6. The average molecular weight is 334 g/mol. The number of halogens is 3. The van der Waals surface area contributed by atoms with Crippen LogP contribution < -0.4 is 9.47 Å². The lowest BCUT2D eigenvalue weighted by molar-refractivity contribution is -0.274. The first kappa shape index (κ1) is 15.9. The Hall–Kier alpha value is -2.96. The molecule has 0 bridgehead atoms. The lowest BCUT2D eigenvalue weighted by atomic mass is 10.1. The lowest BCUT2D eigenvalue weighted by Gasteiger charge is -2.08. The number of aromatic amines is 1. The number of H-pyrrole nitrogens is 1. The van der Waals surface area contributed by atoms with Crippen LogP contribution in [0.15, 0.2) is 54.6 Å². The fourth-order valence-electron chi connectivity index (χ4n) is 2.30. The zero-order valence-electron chi connectivity index (χ0n) is 12.6. The Labute approximate surface area is 135 Å². The van der Waals surface area contributed by atoms with E-state index in [1.54, 1.807) is 13.2 Å². The van der Waals surface area contributed by atoms with E-state index in [1.165, 1.54) is 24.3 Å². The molecule has 0 aliphatic carbocycles. The molecule has 3 aromatic rings. The summed E-state index contributed by atoms with van der Waals surface area (Å²) in [4.78, 5) is 0. The summed E-state index contributed by atoms with van der Waals surface area (Å²) >= 11 is 0. The van der Waals surface area contributed by atoms with Crippen molar-refractivity contribution in [3.63, 3.8) is 0 Å². The highest BCUT2D eigenvalue weighted by atomic mass is 19.4. The van der Waals surface area contributed by atoms with Crippen molar-refractivity contribution < 1.29 is 22.6 Å². The fraction of sp³-hybridized carbons (Fsp3) is 0.118. The highest BCUT2D eigenvalue weighted by molar-refractivity contribution is 5.72. The number of alkyl halides is 3. The standard InChI is InChI=1S/C17H13F3N2O2/c1-23-16-5-3-2-4-13(16)15-10-14(21-22-15)11-6-8-12(9-7-11)24-17(18,19)20/h2-10H,1H3,(H,21,22). The van der Waals surface area contributed by atoms with Crippen molar-refractivity contribution in [2.45, 2.75) is 6.36 Å². The molecule has 0 saturated carbocycles. The number of rotatable bonds is 4. The second-order valence-corrected chi connectivity index (χ2v) is 4.94. The van der Waals surface area contributed by atoms with Crippen LogP contribution >= 0.6 is 0 Å². The molecule has 3 rings (SSSR count). The summed E-state index contributed by atoms with van der Waals surface area (Å²) in [6, 6.07) is 14.8. The highest BCUT2D eigenvalue weighted by Crippen LogP contribution is 2.31. The molecule has 1 heterocycles. The molecular formula is C17H13F3N2O2. The Morgan fingerprint density at radius 1 is 1.00 bits per heavy atom. The monoisotopic (exact) mass is 334 g/mol. The summed E-state index contributed by atoms with van der Waals surface area (Å²) in [5.74, 6) is 0.424. The molecule has 7 heteroatoms. The molecule has 124 valence electrons. The Morgan fingerprint density at radius 2 is 1.71 bits per heavy atom. The molecule has 24 heavy (non-hydrogen) atoms. The molecule has 0 aliphatic rings. The van der Waals surface area contributed by atoms with Crippen LogP contribution in [0.2, 0.25) is 0 Å². The van der Waals surface area contributed by atoms with Crippen molar-refractivity contribution in [1.29, 1.82) is 0 Å². The number of ether oxygens (including phenoxy) is 2. The van der Waals surface area contributed by atoms with Crippen LogP contribution in [0.1, 0.15) is 0 Å². The van der Waals surface area contributed by atoms with E-state index in [1.807, 2.05) is 24.3 Å². The third-order valence-electron chi connectivity index (χ3n) is 3.36. The van der Waals surface area contributed by atoms with Gasteiger partial charge in [0.05, 0.1) is 18.5 Å². The Kier molecular flexibility index (Phi) is 4.16. The molecule has 0 atom stereocenters. The lowest BCUT2D eigenvalue weighted by Crippen LogP contribution is -2.16. The zero-order chi connectivity index (χ0) is 17.2. The van der Waals surface area contributed by atoms with Gasteiger partial charge in [-0.1, -0.05) is 12.1 Å². The topological polar surface area (TPSA) is 47.1 Å². The number of benzene rings is 2. The molecule has 0 radical (unpaired) electrons. The van der Waals surface area contributed by atoms with Crippen LogP contribution in [0.3, 0.4) is 0 Å². The number of hydrogen-bond acceptors (Lipinski definition) is 3. The van der Waals surface area contributed by atoms with Gasteiger partial charge in [-0.05, 0) is 42.5 Å². The maximum atomic E-state index is 12.2. The van der Waals surface area contributed by atoms with E-state index in [0.29, 0.717) is 17.0 Å². The van der Waals surface area contributed by atoms with Crippen LogP contribution in [0.5, 0.6) is 11.5 Å². The van der Waals surface area contributed by atoms with Crippen molar-refractivity contribution in [1.82, 2.24) is 10.2 Å². The number of para-hydroxylation sites is 1. The molecule has 2 aromatic carbocycles. The van der Waals surface area contributed by atoms with E-state index < -0.39 is 6.36 Å². The van der Waals surface area contributed by atoms with E-state index in [2.05, 4.69) is 14.9 Å². The summed E-state index contributed by atoms with van der Waals surface area (Å²) < 4.78 is 45.7. The van der Waals surface area contributed by atoms with Crippen LogP contribution in [0.25, 0.3) is 22.5 Å². The van der Waals surface area contributed by atoms with Gasteiger partial charge in [-0.2, -0.15) is 5.10 Å². The van der Waals surface area contributed by atoms with Gasteiger partial charge in [0.25, 0.3) is 0 Å². The number of nitrogens with zero attached hydrogens (tertiary/aromatic N) is 1. The SMILES string of the molecule is COc1ccccc1-c1cc(-c2ccc(OC(F)(F)F)cc2)n[nH]1. The van der Waals surface area contributed by atoms with Crippen molar-refractivity contribution in [3.8, 4) is 34.0 Å². The first-order valence-electron chi connectivity index (χ1n) is 7.01. The number of methoxy groups -OCH3 is 1. The van der Waals surface area contributed by atoms with Crippen LogP contribution in [-0.4, -0.2) is 23.7 Å². The van der Waals surface area contributed by atoms with Gasteiger partial charge in [0.15, 0.2) is 0 Å². The van der Waals surface area contributed by atoms with Gasteiger partial charge in [-0.3, -0.25) is 5.10 Å². The smallest absolute Gasteiger partial charge is 0.496 e. The summed E-state index contributed by atoms with van der Waals surface area (Å²) in [6.45, 7) is 0. The predicted octanol–water partition coefficient (Wildman–Crippen LogP) is 4.65. The Morgan fingerprint density at radius 3 is 2.38 bits per heavy atom. The van der Waals surface area contributed by atoms with Crippen molar-refractivity contribution >= 4 is 0 Å². The Bertz CT molecular complexity index is 826. The van der Waals surface area contributed by atoms with Gasteiger partial charge in [-0.15, -0.1) is 13.2 Å². The van der Waals surface area contributed by atoms with Crippen molar-refractivity contribution in [2.24, 2.45) is 0 Å². The quantitative estimate of drug-likeness (QED) is 0.755. The first-order chi connectivity index (χ1) is 11.5. The van der Waals surface area contributed by atoms with Gasteiger partial charge in [0.1, 0.15) is 11.5 Å². The molecule has 1 aromatic heterocycles. The number of aromatic nitrogens is 2. The van der Waals surface area contributed by atoms with Crippen LogP contribution in [0, 0.1) is 0 Å². The van der Waals surface area contributed by atoms with Crippen LogP contribution in [0.4, 0.5) is 13.2 Å². The third-order valence-corrected chi connectivity index (χ3v) is 3.36. The number of hydrogen-bond donors (Lipinski definition) is 1. The van der Waals surface area contributed by atoms with Gasteiger partial charge < -0.3 is 9.47 Å². The van der Waals surface area contributed by atoms with E-state index >= 15 is 0 Å². The van der Waals surface area contributed by atoms with E-state index in [-0.39, 0.29) is 5.75 Å². The van der Waals surface area contributed by atoms with Crippen LogP contribution in [-0.2, 0) is 0 Å². The molecule has 0 spiro atoms. The average Bonchev–Trinajstić information content (AvgIpc) is 3.04. The molecule has 0 saturated heterocycles. The molecule has 1 N–H and O–H groups in total. The Balaban J connectivity index is 1.85. The molecule has 0 unspecified atom stereocenters. The maximum absolute atomic E-state index is 12.2.